The highest BCUT2D eigenvalue weighted by Gasteiger charge is 2.24. The summed E-state index contributed by atoms with van der Waals surface area (Å²) in [6.45, 7) is 8.15. The van der Waals surface area contributed by atoms with Crippen LogP contribution in [0.1, 0.15) is 52.7 Å². The van der Waals surface area contributed by atoms with Crippen molar-refractivity contribution in [1.82, 2.24) is 9.88 Å². The van der Waals surface area contributed by atoms with E-state index in [0.29, 0.717) is 17.7 Å². The Labute approximate surface area is 230 Å². The number of aromatic amines is 1. The van der Waals surface area contributed by atoms with Crippen molar-refractivity contribution in [3.05, 3.63) is 89.3 Å². The van der Waals surface area contributed by atoms with Crippen molar-refractivity contribution in [1.29, 1.82) is 0 Å². The Morgan fingerprint density at radius 1 is 1.00 bits per heavy atom. The third-order valence-corrected chi connectivity index (χ3v) is 5.71. The molecule has 0 aliphatic heterocycles. The molecule has 3 aromatic rings. The van der Waals surface area contributed by atoms with Gasteiger partial charge in [0.2, 0.25) is 0 Å². The smallest absolute Gasteiger partial charge is 0.355 e. The minimum Gasteiger partial charge on any atom is -0.489 e. The summed E-state index contributed by atoms with van der Waals surface area (Å²) in [5.74, 6) is 5.93. The number of carbonyl (C=O) groups is 2. The lowest BCUT2D eigenvalue weighted by molar-refractivity contribution is 0.0594. The molecule has 1 heterocycles. The summed E-state index contributed by atoms with van der Waals surface area (Å²) < 4.78 is 15.9. The van der Waals surface area contributed by atoms with E-state index >= 15 is 0 Å². The van der Waals surface area contributed by atoms with Gasteiger partial charge in [-0.25, -0.2) is 9.59 Å². The molecule has 0 aliphatic carbocycles. The number of nitrogens with one attached hydrogen (secondary N) is 1. The summed E-state index contributed by atoms with van der Waals surface area (Å²) in [4.78, 5) is 29.7. The zero-order valence-corrected chi connectivity index (χ0v) is 23.5. The van der Waals surface area contributed by atoms with Gasteiger partial charge in [0, 0.05) is 30.3 Å². The lowest BCUT2D eigenvalue weighted by Gasteiger charge is -2.15. The molecule has 0 spiro atoms. The molecule has 2 aromatic carbocycles. The minimum atomic E-state index is -0.572. The third-order valence-electron chi connectivity index (χ3n) is 5.71. The van der Waals surface area contributed by atoms with E-state index in [1.807, 2.05) is 48.5 Å². The predicted molar refractivity (Wildman–Crippen MR) is 152 cm³/mol. The lowest BCUT2D eigenvalue weighted by Crippen LogP contribution is -2.17. The summed E-state index contributed by atoms with van der Waals surface area (Å²) in [6, 6.07) is 15.5. The molecule has 0 saturated heterocycles. The Hall–Kier alpha value is -4.28. The Kier molecular flexibility index (Phi) is 10.1. The number of likely N-dealkylation sites (N-methyl/N-ethyl adjacent to an activating group) is 1. The third kappa shape index (κ3) is 8.62. The van der Waals surface area contributed by atoms with Crippen molar-refractivity contribution in [2.75, 3.05) is 27.8 Å². The average molecular weight is 529 g/mol. The van der Waals surface area contributed by atoms with Gasteiger partial charge in [0.25, 0.3) is 0 Å². The predicted octanol–water partition coefficient (Wildman–Crippen LogP) is 5.87. The van der Waals surface area contributed by atoms with Gasteiger partial charge in [0.05, 0.1) is 19.8 Å². The number of esters is 2. The van der Waals surface area contributed by atoms with Crippen molar-refractivity contribution >= 4 is 11.9 Å². The van der Waals surface area contributed by atoms with Gasteiger partial charge in [0.1, 0.15) is 18.1 Å². The zero-order valence-electron chi connectivity index (χ0n) is 23.5. The number of hydrogen-bond donors (Lipinski definition) is 1. The highest BCUT2D eigenvalue weighted by molar-refractivity contribution is 6.05. The van der Waals surface area contributed by atoms with Crippen molar-refractivity contribution < 1.29 is 23.8 Å². The second-order valence-corrected chi connectivity index (χ2v) is 10.2. The molecule has 1 aromatic heterocycles. The second kappa shape index (κ2) is 13.5. The molecule has 7 heteroatoms. The van der Waals surface area contributed by atoms with Gasteiger partial charge >= 0.3 is 11.9 Å². The first kappa shape index (κ1) is 29.3. The maximum Gasteiger partial charge on any atom is 0.355 e. The van der Waals surface area contributed by atoms with Gasteiger partial charge in [-0.2, -0.15) is 0 Å². The Bertz CT molecular complexity index is 1350. The molecule has 0 unspecified atom stereocenters. The number of benzene rings is 2. The van der Waals surface area contributed by atoms with E-state index in [4.69, 9.17) is 14.2 Å². The maximum absolute atomic E-state index is 12.3. The number of methoxy groups -OCH3 is 2. The normalized spacial score (nSPS) is 11.3. The molecule has 204 valence electrons. The van der Waals surface area contributed by atoms with E-state index in [1.54, 1.807) is 0 Å². The Morgan fingerprint density at radius 3 is 2.44 bits per heavy atom. The number of carbonyl (C=O) groups excluding carboxylic acids is 2. The number of rotatable bonds is 10. The van der Waals surface area contributed by atoms with Crippen LogP contribution < -0.4 is 4.74 Å². The van der Waals surface area contributed by atoms with Gasteiger partial charge in [-0.05, 0) is 68.8 Å². The fourth-order valence-corrected chi connectivity index (χ4v) is 3.90. The number of nitrogens with zero attached hydrogens (tertiary/aromatic N) is 1. The first-order chi connectivity index (χ1) is 18.6. The standard InChI is InChI=1S/C32H36N2O5/c1-32(2,3)16-8-7-9-17-34(4)21-23-12-11-15-26(19-23)39-22-24-13-10-14-25(18-24)28-27(30(35)37-5)20-33-29(28)31(36)38-6/h7,9-15,18-20,33H,17,21-22H2,1-6H3. The van der Waals surface area contributed by atoms with Crippen LogP contribution in [-0.2, 0) is 22.6 Å². The van der Waals surface area contributed by atoms with Crippen molar-refractivity contribution in [2.45, 2.75) is 33.9 Å². The molecule has 0 radical (unpaired) electrons. The van der Waals surface area contributed by atoms with E-state index in [-0.39, 0.29) is 16.7 Å². The molecule has 39 heavy (non-hydrogen) atoms. The van der Waals surface area contributed by atoms with Crippen LogP contribution in [0.2, 0.25) is 0 Å². The molecule has 0 atom stereocenters. The summed E-state index contributed by atoms with van der Waals surface area (Å²) >= 11 is 0. The van der Waals surface area contributed by atoms with Crippen LogP contribution in [-0.4, -0.2) is 49.6 Å². The number of hydrogen-bond acceptors (Lipinski definition) is 6. The highest BCUT2D eigenvalue weighted by Crippen LogP contribution is 2.30. The van der Waals surface area contributed by atoms with Crippen LogP contribution in [0.15, 0.2) is 66.9 Å². The van der Waals surface area contributed by atoms with E-state index in [2.05, 4.69) is 61.7 Å². The van der Waals surface area contributed by atoms with E-state index in [9.17, 15) is 9.59 Å². The molecule has 0 amide bonds. The molecule has 7 nitrogen and oxygen atoms in total. The van der Waals surface area contributed by atoms with Crippen molar-refractivity contribution in [3.8, 4) is 28.7 Å². The molecule has 0 bridgehead atoms. The van der Waals surface area contributed by atoms with Crippen LogP contribution >= 0.6 is 0 Å². The maximum atomic E-state index is 12.3. The first-order valence-electron chi connectivity index (χ1n) is 12.7. The molecular formula is C32H36N2O5. The van der Waals surface area contributed by atoms with Crippen LogP contribution in [0.5, 0.6) is 5.75 Å². The summed E-state index contributed by atoms with van der Waals surface area (Å²) in [5.41, 5.74) is 3.55. The van der Waals surface area contributed by atoms with Crippen molar-refractivity contribution in [2.24, 2.45) is 5.41 Å². The molecule has 0 aliphatic rings. The molecule has 1 N–H and O–H groups in total. The highest BCUT2D eigenvalue weighted by atomic mass is 16.5. The van der Waals surface area contributed by atoms with Crippen LogP contribution in [0.25, 0.3) is 11.1 Å². The number of ether oxygens (including phenoxy) is 3. The Balaban J connectivity index is 1.68. The first-order valence-corrected chi connectivity index (χ1v) is 12.7. The van der Waals surface area contributed by atoms with Crippen LogP contribution in [0, 0.1) is 17.3 Å². The lowest BCUT2D eigenvalue weighted by atomic mass is 9.98. The monoisotopic (exact) mass is 528 g/mol. The second-order valence-electron chi connectivity index (χ2n) is 10.2. The fraction of sp³-hybridized carbons (Fsp3) is 0.312. The van der Waals surface area contributed by atoms with E-state index in [1.165, 1.54) is 20.4 Å². The summed E-state index contributed by atoms with van der Waals surface area (Å²) in [7, 11) is 4.65. The molecule has 3 rings (SSSR count). The van der Waals surface area contributed by atoms with Crippen LogP contribution in [0.4, 0.5) is 0 Å². The molecule has 0 fully saturated rings. The summed E-state index contributed by atoms with van der Waals surface area (Å²) in [5, 5.41) is 0. The quantitative estimate of drug-likeness (QED) is 0.262. The molecule has 0 saturated carbocycles. The van der Waals surface area contributed by atoms with Crippen LogP contribution in [0.3, 0.4) is 0 Å². The van der Waals surface area contributed by atoms with E-state index in [0.717, 1.165) is 30.0 Å². The number of allylic oxidation sites excluding steroid dienone is 1. The topological polar surface area (TPSA) is 80.9 Å². The summed E-state index contributed by atoms with van der Waals surface area (Å²) in [6.07, 6.45) is 5.42. The largest absolute Gasteiger partial charge is 0.489 e. The van der Waals surface area contributed by atoms with Gasteiger partial charge in [-0.15, -0.1) is 0 Å². The van der Waals surface area contributed by atoms with Crippen molar-refractivity contribution in [3.63, 3.8) is 0 Å². The number of H-pyrrole nitrogens is 1. The van der Waals surface area contributed by atoms with Gasteiger partial charge in [-0.3, -0.25) is 4.90 Å². The van der Waals surface area contributed by atoms with Gasteiger partial charge < -0.3 is 19.2 Å². The Morgan fingerprint density at radius 2 is 1.72 bits per heavy atom. The fourth-order valence-electron chi connectivity index (χ4n) is 3.90. The van der Waals surface area contributed by atoms with Gasteiger partial charge in [-0.1, -0.05) is 48.2 Å². The van der Waals surface area contributed by atoms with E-state index < -0.39 is 11.9 Å². The average Bonchev–Trinajstić information content (AvgIpc) is 3.36. The molecular weight excluding hydrogens is 492 g/mol. The van der Waals surface area contributed by atoms with Gasteiger partial charge in [0.15, 0.2) is 0 Å². The number of aromatic nitrogens is 1. The SMILES string of the molecule is COC(=O)c1c[nH]c(C(=O)OC)c1-c1cccc(COc2cccc(CN(C)CC=CC#CC(C)(C)C)c2)c1. The minimum absolute atomic E-state index is 0.00195. The zero-order chi connectivity index (χ0) is 28.4.